The van der Waals surface area contributed by atoms with Crippen LogP contribution in [0.3, 0.4) is 0 Å². The fourth-order valence-corrected chi connectivity index (χ4v) is 3.83. The molecular formula is C28H30N4O2. The van der Waals surface area contributed by atoms with Gasteiger partial charge in [0.1, 0.15) is 6.61 Å². The van der Waals surface area contributed by atoms with Gasteiger partial charge in [0.05, 0.1) is 24.5 Å². The highest BCUT2D eigenvalue weighted by Gasteiger charge is 2.16. The van der Waals surface area contributed by atoms with Crippen molar-refractivity contribution in [3.05, 3.63) is 95.7 Å². The van der Waals surface area contributed by atoms with Crippen molar-refractivity contribution in [2.45, 2.75) is 39.3 Å². The molecule has 6 heteroatoms. The number of aryl methyl sites for hydroxylation is 1. The SMILES string of the molecule is CCCC(Nc1nnc(C)c(-c2ccc(OCc3ccccc3)c(OC)c2)n1)c1ccccc1. The van der Waals surface area contributed by atoms with Crippen LogP contribution in [0.15, 0.2) is 78.9 Å². The zero-order valence-electron chi connectivity index (χ0n) is 19.9. The van der Waals surface area contributed by atoms with E-state index in [0.717, 1.165) is 35.4 Å². The van der Waals surface area contributed by atoms with E-state index in [2.05, 4.69) is 34.6 Å². The lowest BCUT2D eigenvalue weighted by atomic mass is 10.0. The monoisotopic (exact) mass is 454 g/mol. The van der Waals surface area contributed by atoms with Crippen LogP contribution < -0.4 is 14.8 Å². The highest BCUT2D eigenvalue weighted by atomic mass is 16.5. The maximum Gasteiger partial charge on any atom is 0.243 e. The lowest BCUT2D eigenvalue weighted by molar-refractivity contribution is 0.284. The molecule has 1 atom stereocenters. The van der Waals surface area contributed by atoms with E-state index >= 15 is 0 Å². The number of methoxy groups -OCH3 is 1. The number of hydrogen-bond acceptors (Lipinski definition) is 6. The first-order valence-electron chi connectivity index (χ1n) is 11.6. The van der Waals surface area contributed by atoms with Crippen LogP contribution in [0.5, 0.6) is 11.5 Å². The molecule has 0 fully saturated rings. The zero-order chi connectivity index (χ0) is 23.8. The fourth-order valence-electron chi connectivity index (χ4n) is 3.83. The van der Waals surface area contributed by atoms with Gasteiger partial charge in [0, 0.05) is 5.56 Å². The molecule has 6 nitrogen and oxygen atoms in total. The van der Waals surface area contributed by atoms with Gasteiger partial charge in [-0.25, -0.2) is 4.98 Å². The van der Waals surface area contributed by atoms with Gasteiger partial charge in [0.25, 0.3) is 0 Å². The summed E-state index contributed by atoms with van der Waals surface area (Å²) in [6.07, 6.45) is 2.01. The topological polar surface area (TPSA) is 69.2 Å². The van der Waals surface area contributed by atoms with Crippen molar-refractivity contribution in [1.82, 2.24) is 15.2 Å². The van der Waals surface area contributed by atoms with Gasteiger partial charge in [-0.05, 0) is 42.7 Å². The second kappa shape index (κ2) is 11.3. The molecule has 0 amide bonds. The Labute approximate surface area is 201 Å². The summed E-state index contributed by atoms with van der Waals surface area (Å²) in [7, 11) is 1.64. The first-order valence-corrected chi connectivity index (χ1v) is 11.6. The Morgan fingerprint density at radius 2 is 1.62 bits per heavy atom. The highest BCUT2D eigenvalue weighted by Crippen LogP contribution is 2.33. The third-order valence-electron chi connectivity index (χ3n) is 5.61. The number of anilines is 1. The van der Waals surface area contributed by atoms with Gasteiger partial charge in [-0.15, -0.1) is 10.2 Å². The average Bonchev–Trinajstić information content (AvgIpc) is 2.89. The van der Waals surface area contributed by atoms with Gasteiger partial charge in [0.15, 0.2) is 11.5 Å². The number of ether oxygens (including phenoxy) is 2. The minimum Gasteiger partial charge on any atom is -0.493 e. The number of nitrogens with zero attached hydrogens (tertiary/aromatic N) is 3. The maximum absolute atomic E-state index is 6.00. The smallest absolute Gasteiger partial charge is 0.243 e. The summed E-state index contributed by atoms with van der Waals surface area (Å²) < 4.78 is 11.6. The van der Waals surface area contributed by atoms with Crippen molar-refractivity contribution in [3.63, 3.8) is 0 Å². The Morgan fingerprint density at radius 3 is 2.32 bits per heavy atom. The number of benzene rings is 3. The molecule has 1 N–H and O–H groups in total. The lowest BCUT2D eigenvalue weighted by Gasteiger charge is -2.19. The van der Waals surface area contributed by atoms with Crippen LogP contribution in [0.4, 0.5) is 5.95 Å². The van der Waals surface area contributed by atoms with Gasteiger partial charge < -0.3 is 14.8 Å². The molecule has 34 heavy (non-hydrogen) atoms. The first-order chi connectivity index (χ1) is 16.7. The van der Waals surface area contributed by atoms with Crippen molar-refractivity contribution < 1.29 is 9.47 Å². The summed E-state index contributed by atoms with van der Waals surface area (Å²) in [4.78, 5) is 4.81. The molecule has 0 radical (unpaired) electrons. The predicted molar refractivity (Wildman–Crippen MR) is 135 cm³/mol. The van der Waals surface area contributed by atoms with Gasteiger partial charge in [0.2, 0.25) is 5.95 Å². The van der Waals surface area contributed by atoms with Crippen LogP contribution >= 0.6 is 0 Å². The third-order valence-corrected chi connectivity index (χ3v) is 5.61. The van der Waals surface area contributed by atoms with E-state index in [1.165, 1.54) is 5.56 Å². The molecule has 174 valence electrons. The summed E-state index contributed by atoms with van der Waals surface area (Å²) >= 11 is 0. The van der Waals surface area contributed by atoms with Crippen molar-refractivity contribution in [2.75, 3.05) is 12.4 Å². The third kappa shape index (κ3) is 5.70. The fraction of sp³-hybridized carbons (Fsp3) is 0.250. The van der Waals surface area contributed by atoms with Gasteiger partial charge in [-0.2, -0.15) is 0 Å². The highest BCUT2D eigenvalue weighted by molar-refractivity contribution is 5.66. The van der Waals surface area contributed by atoms with Crippen LogP contribution in [0.25, 0.3) is 11.3 Å². The molecule has 4 rings (SSSR count). The number of rotatable bonds is 10. The molecule has 4 aromatic rings. The van der Waals surface area contributed by atoms with Crippen LogP contribution in [0, 0.1) is 6.92 Å². The molecule has 1 unspecified atom stereocenters. The van der Waals surface area contributed by atoms with E-state index in [9.17, 15) is 0 Å². The number of hydrogen-bond donors (Lipinski definition) is 1. The molecule has 0 spiro atoms. The second-order valence-corrected chi connectivity index (χ2v) is 8.11. The predicted octanol–water partition coefficient (Wildman–Crippen LogP) is 6.39. The molecule has 0 bridgehead atoms. The van der Waals surface area contributed by atoms with E-state index in [4.69, 9.17) is 14.5 Å². The first kappa shape index (κ1) is 23.2. The zero-order valence-corrected chi connectivity index (χ0v) is 19.9. The van der Waals surface area contributed by atoms with Gasteiger partial charge >= 0.3 is 0 Å². The molecule has 0 aliphatic carbocycles. The van der Waals surface area contributed by atoms with Crippen LogP contribution in [-0.2, 0) is 6.61 Å². The number of nitrogens with one attached hydrogen (secondary N) is 1. The van der Waals surface area contributed by atoms with Gasteiger partial charge in [-0.1, -0.05) is 74.0 Å². The van der Waals surface area contributed by atoms with Crippen molar-refractivity contribution >= 4 is 5.95 Å². The molecule has 3 aromatic carbocycles. The molecule has 1 aromatic heterocycles. The molecular weight excluding hydrogens is 424 g/mol. The molecule has 0 saturated carbocycles. The Bertz CT molecular complexity index is 1200. The molecule has 0 aliphatic rings. The Balaban J connectivity index is 1.57. The van der Waals surface area contributed by atoms with E-state index in [1.807, 2.05) is 73.7 Å². The standard InChI is InChI=1S/C28H30N4O2/c1-4-11-24(22-14-9-6-10-15-22)29-28-30-27(20(2)31-32-28)23-16-17-25(26(18-23)33-3)34-19-21-12-7-5-8-13-21/h5-10,12-18,24H,4,11,19H2,1-3H3,(H,29,30,32). The van der Waals surface area contributed by atoms with Crippen LogP contribution in [-0.4, -0.2) is 22.3 Å². The summed E-state index contributed by atoms with van der Waals surface area (Å²) in [6, 6.07) is 26.4. The minimum atomic E-state index is 0.117. The van der Waals surface area contributed by atoms with Crippen molar-refractivity contribution in [1.29, 1.82) is 0 Å². The summed E-state index contributed by atoms with van der Waals surface area (Å²) in [5.41, 5.74) is 4.70. The van der Waals surface area contributed by atoms with Crippen molar-refractivity contribution in [3.8, 4) is 22.8 Å². The van der Waals surface area contributed by atoms with E-state index < -0.39 is 0 Å². The van der Waals surface area contributed by atoms with E-state index in [0.29, 0.717) is 24.1 Å². The minimum absolute atomic E-state index is 0.117. The summed E-state index contributed by atoms with van der Waals surface area (Å²) in [5.74, 6) is 1.83. The Morgan fingerprint density at radius 1 is 0.882 bits per heavy atom. The van der Waals surface area contributed by atoms with Crippen LogP contribution in [0.2, 0.25) is 0 Å². The summed E-state index contributed by atoms with van der Waals surface area (Å²) in [5, 5.41) is 12.1. The Hall–Kier alpha value is -3.93. The molecule has 0 saturated heterocycles. The second-order valence-electron chi connectivity index (χ2n) is 8.11. The summed E-state index contributed by atoms with van der Waals surface area (Å²) in [6.45, 7) is 4.55. The van der Waals surface area contributed by atoms with Crippen molar-refractivity contribution in [2.24, 2.45) is 0 Å². The van der Waals surface area contributed by atoms with E-state index in [1.54, 1.807) is 7.11 Å². The largest absolute Gasteiger partial charge is 0.493 e. The molecule has 0 aliphatic heterocycles. The normalized spacial score (nSPS) is 11.6. The van der Waals surface area contributed by atoms with Gasteiger partial charge in [-0.3, -0.25) is 0 Å². The maximum atomic E-state index is 6.00. The average molecular weight is 455 g/mol. The quantitative estimate of drug-likeness (QED) is 0.299. The lowest BCUT2D eigenvalue weighted by Crippen LogP contribution is -2.14. The Kier molecular flexibility index (Phi) is 7.71. The van der Waals surface area contributed by atoms with Crippen LogP contribution in [0.1, 0.15) is 42.6 Å². The molecule has 1 heterocycles. The number of aromatic nitrogens is 3. The van der Waals surface area contributed by atoms with E-state index in [-0.39, 0.29) is 6.04 Å².